The van der Waals surface area contributed by atoms with Gasteiger partial charge in [-0.15, -0.1) is 0 Å². The zero-order valence-corrected chi connectivity index (χ0v) is 19.4. The largest absolute Gasteiger partial charge is 0.481 e. The predicted molar refractivity (Wildman–Crippen MR) is 131 cm³/mol. The standard InChI is InChI=1S/C27H38N2O2/c1-4-20-12-15-23(16-13-20)28-25-18-22(21(5-2)19-27(30)31)14-17-26(25)29(6-3)24-10-8-7-9-11-24/h12-18,21,24,28H,4-11,19H2,1-3H3,(H,30,31)/t21-/m1/s1. The number of carboxylic acids is 1. The second kappa shape index (κ2) is 11.2. The van der Waals surface area contributed by atoms with Gasteiger partial charge in [-0.2, -0.15) is 0 Å². The third-order valence-corrected chi connectivity index (χ3v) is 6.71. The van der Waals surface area contributed by atoms with Gasteiger partial charge in [0.05, 0.1) is 17.8 Å². The number of nitrogens with one attached hydrogen (secondary N) is 1. The monoisotopic (exact) mass is 422 g/mol. The van der Waals surface area contributed by atoms with Crippen molar-refractivity contribution in [1.29, 1.82) is 0 Å². The van der Waals surface area contributed by atoms with Crippen LogP contribution < -0.4 is 10.2 Å². The van der Waals surface area contributed by atoms with Gasteiger partial charge in [0.1, 0.15) is 0 Å². The summed E-state index contributed by atoms with van der Waals surface area (Å²) in [5.41, 5.74) is 5.80. The van der Waals surface area contributed by atoms with E-state index >= 15 is 0 Å². The molecule has 1 fully saturated rings. The van der Waals surface area contributed by atoms with Crippen LogP contribution in [0.25, 0.3) is 0 Å². The van der Waals surface area contributed by atoms with Crippen LogP contribution in [-0.4, -0.2) is 23.7 Å². The number of hydrogen-bond acceptors (Lipinski definition) is 3. The number of benzene rings is 2. The first kappa shape index (κ1) is 23.2. The normalized spacial score (nSPS) is 15.5. The van der Waals surface area contributed by atoms with Crippen LogP contribution in [0.2, 0.25) is 0 Å². The van der Waals surface area contributed by atoms with Crippen LogP contribution in [0, 0.1) is 0 Å². The molecule has 2 aromatic rings. The van der Waals surface area contributed by atoms with Crippen LogP contribution in [-0.2, 0) is 11.2 Å². The summed E-state index contributed by atoms with van der Waals surface area (Å²) in [6, 6.07) is 15.7. The average Bonchev–Trinajstić information content (AvgIpc) is 2.80. The van der Waals surface area contributed by atoms with E-state index in [1.807, 2.05) is 0 Å². The molecule has 2 N–H and O–H groups in total. The van der Waals surface area contributed by atoms with Gasteiger partial charge in [-0.1, -0.05) is 51.3 Å². The second-order valence-electron chi connectivity index (χ2n) is 8.73. The summed E-state index contributed by atoms with van der Waals surface area (Å²) in [5, 5.41) is 13.0. The van der Waals surface area contributed by atoms with Gasteiger partial charge in [0.15, 0.2) is 0 Å². The average molecular weight is 423 g/mol. The van der Waals surface area contributed by atoms with Gasteiger partial charge in [0.2, 0.25) is 0 Å². The highest BCUT2D eigenvalue weighted by atomic mass is 16.4. The van der Waals surface area contributed by atoms with Gasteiger partial charge < -0.3 is 15.3 Å². The van der Waals surface area contributed by atoms with Crippen LogP contribution in [0.15, 0.2) is 42.5 Å². The van der Waals surface area contributed by atoms with Gasteiger partial charge >= 0.3 is 5.97 Å². The van der Waals surface area contributed by atoms with E-state index in [0.29, 0.717) is 6.04 Å². The summed E-state index contributed by atoms with van der Waals surface area (Å²) in [6.07, 6.45) is 8.45. The molecular weight excluding hydrogens is 384 g/mol. The van der Waals surface area contributed by atoms with E-state index in [4.69, 9.17) is 0 Å². The summed E-state index contributed by atoms with van der Waals surface area (Å²) in [6.45, 7) is 7.44. The lowest BCUT2D eigenvalue weighted by Crippen LogP contribution is -2.37. The van der Waals surface area contributed by atoms with E-state index in [-0.39, 0.29) is 12.3 Å². The van der Waals surface area contributed by atoms with Crippen LogP contribution in [0.1, 0.15) is 82.8 Å². The molecule has 31 heavy (non-hydrogen) atoms. The molecule has 3 rings (SSSR count). The minimum Gasteiger partial charge on any atom is -0.481 e. The fourth-order valence-corrected chi connectivity index (χ4v) is 4.86. The van der Waals surface area contributed by atoms with Gasteiger partial charge in [-0.25, -0.2) is 0 Å². The number of aliphatic carboxylic acids is 1. The fraction of sp³-hybridized carbons (Fsp3) is 0.519. The first-order valence-electron chi connectivity index (χ1n) is 12.0. The van der Waals surface area contributed by atoms with Crippen molar-refractivity contribution in [3.63, 3.8) is 0 Å². The Balaban J connectivity index is 1.97. The quantitative estimate of drug-likeness (QED) is 0.428. The summed E-state index contributed by atoms with van der Waals surface area (Å²) in [5.74, 6) is -0.711. The Kier molecular flexibility index (Phi) is 8.39. The van der Waals surface area contributed by atoms with Crippen LogP contribution in [0.3, 0.4) is 0 Å². The Morgan fingerprint density at radius 3 is 2.35 bits per heavy atom. The minimum absolute atomic E-state index is 0.0272. The molecule has 1 aliphatic rings. The molecule has 0 aromatic heterocycles. The minimum atomic E-state index is -0.738. The highest BCUT2D eigenvalue weighted by molar-refractivity contribution is 5.77. The Morgan fingerprint density at radius 1 is 1.06 bits per heavy atom. The summed E-state index contributed by atoms with van der Waals surface area (Å²) in [7, 11) is 0. The third-order valence-electron chi connectivity index (χ3n) is 6.71. The van der Waals surface area contributed by atoms with E-state index in [9.17, 15) is 9.90 Å². The molecule has 4 heteroatoms. The lowest BCUT2D eigenvalue weighted by Gasteiger charge is -2.37. The van der Waals surface area contributed by atoms with E-state index in [2.05, 4.69) is 73.5 Å². The van der Waals surface area contributed by atoms with Crippen LogP contribution >= 0.6 is 0 Å². The maximum absolute atomic E-state index is 11.4. The fourth-order valence-electron chi connectivity index (χ4n) is 4.86. The highest BCUT2D eigenvalue weighted by Crippen LogP contribution is 2.37. The van der Waals surface area contributed by atoms with E-state index in [0.717, 1.165) is 36.3 Å². The number of hydrogen-bond donors (Lipinski definition) is 2. The number of anilines is 3. The first-order chi connectivity index (χ1) is 15.0. The van der Waals surface area contributed by atoms with Crippen molar-refractivity contribution in [2.75, 3.05) is 16.8 Å². The zero-order chi connectivity index (χ0) is 22.2. The molecule has 1 atom stereocenters. The van der Waals surface area contributed by atoms with Gasteiger partial charge in [0, 0.05) is 18.3 Å². The van der Waals surface area contributed by atoms with Crippen molar-refractivity contribution in [3.8, 4) is 0 Å². The lowest BCUT2D eigenvalue weighted by molar-refractivity contribution is -0.137. The molecule has 168 valence electrons. The number of carbonyl (C=O) groups is 1. The number of aryl methyl sites for hydroxylation is 1. The molecule has 0 aliphatic heterocycles. The Labute approximate surface area is 187 Å². The summed E-state index contributed by atoms with van der Waals surface area (Å²) < 4.78 is 0. The topological polar surface area (TPSA) is 52.6 Å². The maximum Gasteiger partial charge on any atom is 0.303 e. The van der Waals surface area contributed by atoms with Crippen molar-refractivity contribution in [2.24, 2.45) is 0 Å². The van der Waals surface area contributed by atoms with E-state index in [1.54, 1.807) is 0 Å². The van der Waals surface area contributed by atoms with Gasteiger partial charge in [-0.05, 0) is 73.9 Å². The summed E-state index contributed by atoms with van der Waals surface area (Å²) in [4.78, 5) is 13.9. The molecule has 0 unspecified atom stereocenters. The zero-order valence-electron chi connectivity index (χ0n) is 19.4. The van der Waals surface area contributed by atoms with Crippen molar-refractivity contribution >= 4 is 23.0 Å². The Hall–Kier alpha value is -2.49. The van der Waals surface area contributed by atoms with Gasteiger partial charge in [0.25, 0.3) is 0 Å². The first-order valence-corrected chi connectivity index (χ1v) is 12.0. The smallest absolute Gasteiger partial charge is 0.303 e. The highest BCUT2D eigenvalue weighted by Gasteiger charge is 2.23. The number of rotatable bonds is 10. The molecule has 0 heterocycles. The number of nitrogens with zero attached hydrogens (tertiary/aromatic N) is 1. The van der Waals surface area contributed by atoms with Gasteiger partial charge in [-0.3, -0.25) is 4.79 Å². The van der Waals surface area contributed by atoms with E-state index < -0.39 is 5.97 Å². The molecule has 0 spiro atoms. The molecule has 1 saturated carbocycles. The lowest BCUT2D eigenvalue weighted by atomic mass is 9.91. The Morgan fingerprint density at radius 2 is 1.77 bits per heavy atom. The molecule has 0 saturated heterocycles. The van der Waals surface area contributed by atoms with Crippen molar-refractivity contribution in [2.45, 2.75) is 84.1 Å². The third kappa shape index (κ3) is 6.03. The van der Waals surface area contributed by atoms with Crippen LogP contribution in [0.4, 0.5) is 17.1 Å². The molecular formula is C27H38N2O2. The Bertz CT molecular complexity index is 841. The van der Waals surface area contributed by atoms with Crippen LogP contribution in [0.5, 0.6) is 0 Å². The SMILES string of the molecule is CCc1ccc(Nc2cc([C@H](CC)CC(=O)O)ccc2N(CC)C2CCCCC2)cc1. The maximum atomic E-state index is 11.4. The van der Waals surface area contributed by atoms with Crippen molar-refractivity contribution < 1.29 is 9.90 Å². The van der Waals surface area contributed by atoms with Crippen molar-refractivity contribution in [3.05, 3.63) is 53.6 Å². The van der Waals surface area contributed by atoms with E-state index in [1.165, 1.54) is 43.4 Å². The molecule has 1 aliphatic carbocycles. The van der Waals surface area contributed by atoms with Crippen molar-refractivity contribution in [1.82, 2.24) is 0 Å². The molecule has 0 radical (unpaired) electrons. The molecule has 0 bridgehead atoms. The predicted octanol–water partition coefficient (Wildman–Crippen LogP) is 7.12. The summed E-state index contributed by atoms with van der Waals surface area (Å²) >= 11 is 0. The number of carboxylic acid groups (broad SMARTS) is 1. The second-order valence-corrected chi connectivity index (χ2v) is 8.73. The molecule has 4 nitrogen and oxygen atoms in total. The molecule has 0 amide bonds. The molecule has 2 aromatic carbocycles.